The van der Waals surface area contributed by atoms with Gasteiger partial charge in [0.25, 0.3) is 0 Å². The maximum absolute atomic E-state index is 10.4. The first-order valence-electron chi connectivity index (χ1n) is 6.47. The van der Waals surface area contributed by atoms with E-state index in [0.717, 1.165) is 6.42 Å². The van der Waals surface area contributed by atoms with Crippen molar-refractivity contribution in [3.05, 3.63) is 35.9 Å². The van der Waals surface area contributed by atoms with Crippen molar-refractivity contribution in [2.75, 3.05) is 0 Å². The van der Waals surface area contributed by atoms with Crippen LogP contribution >= 0.6 is 0 Å². The van der Waals surface area contributed by atoms with Gasteiger partial charge < -0.3 is 9.84 Å². The second-order valence-electron chi connectivity index (χ2n) is 5.24. The number of aliphatic hydroxyl groups excluding tert-OH is 1. The van der Waals surface area contributed by atoms with E-state index in [1.165, 1.54) is 5.56 Å². The van der Waals surface area contributed by atoms with Crippen LogP contribution in [0.25, 0.3) is 0 Å². The SMILES string of the molecule is CC1OC(C)C(C(O)Cc2ccccc2)C1C. The van der Waals surface area contributed by atoms with Gasteiger partial charge in [0.2, 0.25) is 0 Å². The highest BCUT2D eigenvalue weighted by atomic mass is 16.5. The zero-order valence-corrected chi connectivity index (χ0v) is 10.8. The first-order valence-corrected chi connectivity index (χ1v) is 6.47. The maximum atomic E-state index is 10.4. The molecule has 0 aromatic heterocycles. The number of ether oxygens (including phenoxy) is 1. The first kappa shape index (κ1) is 12.6. The second-order valence-corrected chi connectivity index (χ2v) is 5.24. The van der Waals surface area contributed by atoms with Crippen molar-refractivity contribution in [1.29, 1.82) is 0 Å². The summed E-state index contributed by atoms with van der Waals surface area (Å²) in [6.45, 7) is 6.34. The Morgan fingerprint density at radius 2 is 1.76 bits per heavy atom. The second kappa shape index (κ2) is 5.19. The van der Waals surface area contributed by atoms with Gasteiger partial charge in [0.05, 0.1) is 18.3 Å². The van der Waals surface area contributed by atoms with Crippen LogP contribution in [-0.4, -0.2) is 23.4 Å². The highest BCUT2D eigenvalue weighted by Crippen LogP contribution is 2.35. The van der Waals surface area contributed by atoms with Gasteiger partial charge in [0, 0.05) is 5.92 Å². The van der Waals surface area contributed by atoms with Crippen molar-refractivity contribution >= 4 is 0 Å². The van der Waals surface area contributed by atoms with Crippen molar-refractivity contribution in [3.8, 4) is 0 Å². The summed E-state index contributed by atoms with van der Waals surface area (Å²) in [6, 6.07) is 10.2. The van der Waals surface area contributed by atoms with Crippen LogP contribution in [-0.2, 0) is 11.2 Å². The molecule has 0 radical (unpaired) electrons. The van der Waals surface area contributed by atoms with Gasteiger partial charge in [-0.25, -0.2) is 0 Å². The van der Waals surface area contributed by atoms with E-state index in [9.17, 15) is 5.11 Å². The summed E-state index contributed by atoms with van der Waals surface area (Å²) in [5.74, 6) is 0.661. The zero-order valence-electron chi connectivity index (χ0n) is 10.8. The van der Waals surface area contributed by atoms with Gasteiger partial charge in [-0.15, -0.1) is 0 Å². The molecule has 1 fully saturated rings. The van der Waals surface area contributed by atoms with Crippen molar-refractivity contribution in [2.24, 2.45) is 11.8 Å². The van der Waals surface area contributed by atoms with Crippen LogP contribution in [0.15, 0.2) is 30.3 Å². The molecule has 0 amide bonds. The Kier molecular flexibility index (Phi) is 3.85. The monoisotopic (exact) mass is 234 g/mol. The molecule has 17 heavy (non-hydrogen) atoms. The number of aliphatic hydroxyl groups is 1. The lowest BCUT2D eigenvalue weighted by atomic mass is 9.83. The average molecular weight is 234 g/mol. The van der Waals surface area contributed by atoms with Gasteiger partial charge >= 0.3 is 0 Å². The Bertz CT molecular complexity index is 349. The predicted molar refractivity (Wildman–Crippen MR) is 68.8 cm³/mol. The number of hydrogen-bond donors (Lipinski definition) is 1. The fraction of sp³-hybridized carbons (Fsp3) is 0.600. The molecule has 0 bridgehead atoms. The Morgan fingerprint density at radius 3 is 2.29 bits per heavy atom. The molecule has 0 aliphatic carbocycles. The summed E-state index contributed by atoms with van der Waals surface area (Å²) in [4.78, 5) is 0. The topological polar surface area (TPSA) is 29.5 Å². The molecule has 2 nitrogen and oxygen atoms in total. The maximum Gasteiger partial charge on any atom is 0.0636 e. The normalized spacial score (nSPS) is 34.8. The van der Waals surface area contributed by atoms with Crippen molar-refractivity contribution in [2.45, 2.75) is 45.5 Å². The van der Waals surface area contributed by atoms with Crippen LogP contribution in [0.5, 0.6) is 0 Å². The molecule has 1 aromatic carbocycles. The van der Waals surface area contributed by atoms with Crippen LogP contribution in [0.1, 0.15) is 26.3 Å². The highest BCUT2D eigenvalue weighted by molar-refractivity contribution is 5.16. The summed E-state index contributed by atoms with van der Waals surface area (Å²) < 4.78 is 5.78. The zero-order chi connectivity index (χ0) is 12.4. The van der Waals surface area contributed by atoms with E-state index < -0.39 is 0 Å². The van der Waals surface area contributed by atoms with Crippen LogP contribution in [0.4, 0.5) is 0 Å². The fourth-order valence-corrected chi connectivity index (χ4v) is 2.95. The van der Waals surface area contributed by atoms with Gasteiger partial charge in [0.1, 0.15) is 0 Å². The summed E-state index contributed by atoms with van der Waals surface area (Å²) in [5, 5.41) is 10.4. The molecule has 1 aliphatic rings. The lowest BCUT2D eigenvalue weighted by Crippen LogP contribution is -2.32. The van der Waals surface area contributed by atoms with Crippen LogP contribution < -0.4 is 0 Å². The van der Waals surface area contributed by atoms with Crippen molar-refractivity contribution in [1.82, 2.24) is 0 Å². The third kappa shape index (κ3) is 2.70. The fourth-order valence-electron chi connectivity index (χ4n) is 2.95. The standard InChI is InChI=1S/C15H22O2/c1-10-11(2)17-12(3)15(10)14(16)9-13-7-5-4-6-8-13/h4-8,10-12,14-16H,9H2,1-3H3. The van der Waals surface area contributed by atoms with Gasteiger partial charge in [-0.2, -0.15) is 0 Å². The van der Waals surface area contributed by atoms with E-state index in [0.29, 0.717) is 5.92 Å². The summed E-state index contributed by atoms with van der Waals surface area (Å²) in [6.07, 6.45) is 0.808. The summed E-state index contributed by atoms with van der Waals surface area (Å²) >= 11 is 0. The largest absolute Gasteiger partial charge is 0.392 e. The minimum absolute atomic E-state index is 0.152. The van der Waals surface area contributed by atoms with Gasteiger partial charge in [0.15, 0.2) is 0 Å². The number of rotatable bonds is 3. The molecule has 5 unspecified atom stereocenters. The van der Waals surface area contributed by atoms with E-state index >= 15 is 0 Å². The predicted octanol–water partition coefficient (Wildman–Crippen LogP) is 2.65. The van der Waals surface area contributed by atoms with E-state index in [2.05, 4.69) is 32.9 Å². The van der Waals surface area contributed by atoms with Crippen LogP contribution in [0, 0.1) is 11.8 Å². The van der Waals surface area contributed by atoms with Crippen LogP contribution in [0.3, 0.4) is 0 Å². The lowest BCUT2D eigenvalue weighted by molar-refractivity contribution is 0.0240. The molecule has 5 atom stereocenters. The summed E-state index contributed by atoms with van der Waals surface area (Å²) in [7, 11) is 0. The van der Waals surface area contributed by atoms with E-state index in [4.69, 9.17) is 4.74 Å². The Labute approximate surface area is 104 Å². The average Bonchev–Trinajstić information content (AvgIpc) is 2.54. The van der Waals surface area contributed by atoms with E-state index in [1.807, 2.05) is 18.2 Å². The highest BCUT2D eigenvalue weighted by Gasteiger charge is 2.40. The van der Waals surface area contributed by atoms with Crippen molar-refractivity contribution < 1.29 is 9.84 Å². The minimum atomic E-state index is -0.313. The van der Waals surface area contributed by atoms with Crippen LogP contribution in [0.2, 0.25) is 0 Å². The minimum Gasteiger partial charge on any atom is -0.392 e. The molecule has 0 saturated carbocycles. The summed E-state index contributed by atoms with van der Waals surface area (Å²) in [5.41, 5.74) is 1.19. The number of hydrogen-bond acceptors (Lipinski definition) is 2. The van der Waals surface area contributed by atoms with Crippen molar-refractivity contribution in [3.63, 3.8) is 0 Å². The first-order chi connectivity index (χ1) is 8.09. The van der Waals surface area contributed by atoms with Gasteiger partial charge in [-0.3, -0.25) is 0 Å². The molecule has 1 aromatic rings. The molecule has 1 aliphatic heterocycles. The third-order valence-corrected chi connectivity index (χ3v) is 4.05. The number of benzene rings is 1. The van der Waals surface area contributed by atoms with Gasteiger partial charge in [-0.05, 0) is 31.7 Å². The third-order valence-electron chi connectivity index (χ3n) is 4.05. The Balaban J connectivity index is 2.03. The molecular weight excluding hydrogens is 212 g/mol. The smallest absolute Gasteiger partial charge is 0.0636 e. The molecule has 94 valence electrons. The molecule has 1 N–H and O–H groups in total. The molecular formula is C15H22O2. The lowest BCUT2D eigenvalue weighted by Gasteiger charge is -2.24. The van der Waals surface area contributed by atoms with Gasteiger partial charge in [-0.1, -0.05) is 37.3 Å². The molecule has 1 heterocycles. The Hall–Kier alpha value is -0.860. The quantitative estimate of drug-likeness (QED) is 0.871. The Morgan fingerprint density at radius 1 is 1.12 bits per heavy atom. The molecule has 2 heteroatoms. The molecule has 1 saturated heterocycles. The molecule has 0 spiro atoms. The van der Waals surface area contributed by atoms with E-state index in [-0.39, 0.29) is 24.2 Å². The van der Waals surface area contributed by atoms with E-state index in [1.54, 1.807) is 0 Å². The molecule has 2 rings (SSSR count).